The maximum Gasteiger partial charge on any atom is 0.277 e. The third kappa shape index (κ3) is 4.50. The van der Waals surface area contributed by atoms with Crippen molar-refractivity contribution in [1.29, 1.82) is 5.26 Å². The first kappa shape index (κ1) is 19.5. The molecule has 1 amide bonds. The predicted octanol–water partition coefficient (Wildman–Crippen LogP) is 4.13. The summed E-state index contributed by atoms with van der Waals surface area (Å²) in [4.78, 5) is 12.4. The second-order valence-corrected chi connectivity index (χ2v) is 7.00. The molecule has 0 bridgehead atoms. The van der Waals surface area contributed by atoms with Crippen molar-refractivity contribution >= 4 is 23.4 Å². The van der Waals surface area contributed by atoms with Gasteiger partial charge in [0, 0.05) is 0 Å². The van der Waals surface area contributed by atoms with Gasteiger partial charge in [0.2, 0.25) is 5.91 Å². The summed E-state index contributed by atoms with van der Waals surface area (Å²) in [5, 5.41) is 19.7. The zero-order valence-corrected chi connectivity index (χ0v) is 16.2. The molecular weight excluding hydrogens is 376 g/mol. The number of anilines is 1. The molecule has 0 saturated heterocycles. The summed E-state index contributed by atoms with van der Waals surface area (Å²) in [6.45, 7) is 4.15. The van der Waals surface area contributed by atoms with Gasteiger partial charge in [-0.15, -0.1) is 10.2 Å². The minimum Gasteiger partial charge on any atom is -0.493 e. The summed E-state index contributed by atoms with van der Waals surface area (Å²) >= 11 is 1.14. The Bertz CT molecular complexity index is 1010. The van der Waals surface area contributed by atoms with Gasteiger partial charge in [0.25, 0.3) is 11.1 Å². The summed E-state index contributed by atoms with van der Waals surface area (Å²) < 4.78 is 11.3. The minimum absolute atomic E-state index is 0.262. The van der Waals surface area contributed by atoms with E-state index in [1.807, 2.05) is 31.2 Å². The average Bonchev–Trinajstić information content (AvgIpc) is 3.17. The monoisotopic (exact) mass is 394 g/mol. The quantitative estimate of drug-likeness (QED) is 0.601. The first-order valence-electron chi connectivity index (χ1n) is 8.64. The van der Waals surface area contributed by atoms with Crippen LogP contribution in [0.25, 0.3) is 11.5 Å². The molecule has 0 saturated carbocycles. The number of aromatic nitrogens is 2. The van der Waals surface area contributed by atoms with E-state index in [0.717, 1.165) is 11.8 Å². The number of amides is 1. The molecule has 0 fully saturated rings. The molecule has 3 rings (SSSR count). The average molecular weight is 394 g/mol. The van der Waals surface area contributed by atoms with Crippen molar-refractivity contribution in [3.63, 3.8) is 0 Å². The van der Waals surface area contributed by atoms with Crippen molar-refractivity contribution in [2.45, 2.75) is 24.3 Å². The van der Waals surface area contributed by atoms with Crippen molar-refractivity contribution in [3.05, 3.63) is 54.1 Å². The highest BCUT2D eigenvalue weighted by molar-refractivity contribution is 8.00. The van der Waals surface area contributed by atoms with E-state index in [9.17, 15) is 4.79 Å². The van der Waals surface area contributed by atoms with E-state index in [1.165, 1.54) is 0 Å². The van der Waals surface area contributed by atoms with Crippen LogP contribution in [0.4, 0.5) is 5.69 Å². The van der Waals surface area contributed by atoms with Gasteiger partial charge >= 0.3 is 0 Å². The third-order valence-corrected chi connectivity index (χ3v) is 4.71. The molecule has 8 heteroatoms. The highest BCUT2D eigenvalue weighted by atomic mass is 32.2. The number of rotatable bonds is 7. The third-order valence-electron chi connectivity index (χ3n) is 3.78. The van der Waals surface area contributed by atoms with Crippen molar-refractivity contribution in [2.75, 3.05) is 11.9 Å². The number of para-hydroxylation sites is 2. The molecule has 1 N–H and O–H groups in total. The Morgan fingerprint density at radius 3 is 2.79 bits per heavy atom. The largest absolute Gasteiger partial charge is 0.493 e. The highest BCUT2D eigenvalue weighted by Crippen LogP contribution is 2.32. The molecule has 0 aliphatic heterocycles. The summed E-state index contributed by atoms with van der Waals surface area (Å²) in [5.41, 5.74) is 1.57. The van der Waals surface area contributed by atoms with Crippen LogP contribution in [-0.4, -0.2) is 28.0 Å². The summed E-state index contributed by atoms with van der Waals surface area (Å²) in [7, 11) is 0. The lowest BCUT2D eigenvalue weighted by atomic mass is 10.2. The Labute approximate surface area is 166 Å². The Morgan fingerprint density at radius 1 is 1.25 bits per heavy atom. The lowest BCUT2D eigenvalue weighted by Crippen LogP contribution is -2.22. The van der Waals surface area contributed by atoms with Crippen molar-refractivity contribution in [2.24, 2.45) is 0 Å². The van der Waals surface area contributed by atoms with Crippen LogP contribution in [0.3, 0.4) is 0 Å². The Balaban J connectivity index is 1.70. The van der Waals surface area contributed by atoms with Gasteiger partial charge in [0.1, 0.15) is 11.8 Å². The van der Waals surface area contributed by atoms with Gasteiger partial charge in [-0.3, -0.25) is 4.79 Å². The molecule has 1 unspecified atom stereocenters. The van der Waals surface area contributed by atoms with Crippen molar-refractivity contribution in [3.8, 4) is 23.3 Å². The van der Waals surface area contributed by atoms with E-state index in [0.29, 0.717) is 35.1 Å². The van der Waals surface area contributed by atoms with Gasteiger partial charge in [0.15, 0.2) is 0 Å². The maximum atomic E-state index is 12.4. The number of hydrogen-bond acceptors (Lipinski definition) is 7. The molecule has 1 aromatic heterocycles. The molecule has 1 atom stereocenters. The molecule has 0 aliphatic carbocycles. The number of ether oxygens (including phenoxy) is 1. The number of hydrogen-bond donors (Lipinski definition) is 1. The number of nitriles is 1. The van der Waals surface area contributed by atoms with Gasteiger partial charge in [-0.1, -0.05) is 36.0 Å². The predicted molar refractivity (Wildman–Crippen MR) is 106 cm³/mol. The molecule has 28 heavy (non-hydrogen) atoms. The minimum atomic E-state index is -0.498. The van der Waals surface area contributed by atoms with Crippen LogP contribution in [0.1, 0.15) is 19.4 Å². The summed E-state index contributed by atoms with van der Waals surface area (Å²) in [6, 6.07) is 16.3. The van der Waals surface area contributed by atoms with Crippen LogP contribution in [0.5, 0.6) is 5.75 Å². The van der Waals surface area contributed by atoms with Crippen LogP contribution in [-0.2, 0) is 4.79 Å². The number of carbonyl (C=O) groups excluding carboxylic acids is 1. The van der Waals surface area contributed by atoms with Gasteiger partial charge in [0.05, 0.1) is 28.7 Å². The molecule has 0 spiro atoms. The van der Waals surface area contributed by atoms with Gasteiger partial charge < -0.3 is 14.5 Å². The Kier molecular flexibility index (Phi) is 6.29. The fourth-order valence-electron chi connectivity index (χ4n) is 2.42. The van der Waals surface area contributed by atoms with Crippen LogP contribution in [0.2, 0.25) is 0 Å². The van der Waals surface area contributed by atoms with Crippen LogP contribution >= 0.6 is 11.8 Å². The lowest BCUT2D eigenvalue weighted by Gasteiger charge is -2.10. The number of nitrogens with one attached hydrogen (secondary N) is 1. The van der Waals surface area contributed by atoms with Crippen LogP contribution < -0.4 is 10.1 Å². The zero-order valence-electron chi connectivity index (χ0n) is 15.4. The first-order chi connectivity index (χ1) is 13.6. The van der Waals surface area contributed by atoms with E-state index in [2.05, 4.69) is 21.6 Å². The second kappa shape index (κ2) is 9.06. The van der Waals surface area contributed by atoms with Crippen molar-refractivity contribution in [1.82, 2.24) is 10.2 Å². The number of carbonyl (C=O) groups is 1. The smallest absolute Gasteiger partial charge is 0.277 e. The molecule has 0 radical (unpaired) electrons. The fraction of sp³-hybridized carbons (Fsp3) is 0.200. The van der Waals surface area contributed by atoms with Crippen LogP contribution in [0.15, 0.2) is 58.2 Å². The number of nitrogens with zero attached hydrogens (tertiary/aromatic N) is 3. The SMILES string of the molecule is CCOc1ccccc1-c1nnc(SC(C)C(=O)Nc2ccccc2C#N)o1. The molecular formula is C20H18N4O3S. The normalized spacial score (nSPS) is 11.5. The van der Waals surface area contributed by atoms with Gasteiger partial charge in [-0.2, -0.15) is 5.26 Å². The van der Waals surface area contributed by atoms with Crippen molar-refractivity contribution < 1.29 is 13.9 Å². The zero-order chi connectivity index (χ0) is 19.9. The summed E-state index contributed by atoms with van der Waals surface area (Å²) in [6.07, 6.45) is 0. The van der Waals surface area contributed by atoms with E-state index in [1.54, 1.807) is 31.2 Å². The highest BCUT2D eigenvalue weighted by Gasteiger charge is 2.20. The van der Waals surface area contributed by atoms with E-state index in [-0.39, 0.29) is 11.1 Å². The van der Waals surface area contributed by atoms with Crippen LogP contribution in [0, 0.1) is 11.3 Å². The topological polar surface area (TPSA) is 101 Å². The molecule has 0 aliphatic rings. The van der Waals surface area contributed by atoms with E-state index in [4.69, 9.17) is 14.4 Å². The molecule has 7 nitrogen and oxygen atoms in total. The number of benzene rings is 2. The molecule has 142 valence electrons. The second-order valence-electron chi connectivity index (χ2n) is 5.71. The standard InChI is InChI=1S/C20H18N4O3S/c1-3-26-17-11-7-5-9-15(17)19-23-24-20(27-19)28-13(2)18(25)22-16-10-6-4-8-14(16)12-21/h4-11,13H,3H2,1-2H3,(H,22,25). The van der Waals surface area contributed by atoms with Gasteiger partial charge in [-0.05, 0) is 38.1 Å². The van der Waals surface area contributed by atoms with E-state index < -0.39 is 5.25 Å². The fourth-order valence-corrected chi connectivity index (χ4v) is 3.10. The molecule has 2 aromatic carbocycles. The molecule has 1 heterocycles. The van der Waals surface area contributed by atoms with E-state index >= 15 is 0 Å². The Hall–Kier alpha value is -3.31. The summed E-state index contributed by atoms with van der Waals surface area (Å²) in [5.74, 6) is 0.722. The lowest BCUT2D eigenvalue weighted by molar-refractivity contribution is -0.115. The first-order valence-corrected chi connectivity index (χ1v) is 9.52. The Morgan fingerprint density at radius 2 is 2.00 bits per heavy atom. The van der Waals surface area contributed by atoms with Gasteiger partial charge in [-0.25, -0.2) is 0 Å². The molecule has 3 aromatic rings. The number of thioether (sulfide) groups is 1. The maximum absolute atomic E-state index is 12.4.